The zero-order chi connectivity index (χ0) is 29.4. The number of nitrogens with one attached hydrogen (secondary N) is 1. The van der Waals surface area contributed by atoms with E-state index in [0.29, 0.717) is 0 Å². The van der Waals surface area contributed by atoms with Crippen LogP contribution in [0.25, 0.3) is 5.95 Å². The number of rotatable bonds is 7. The molecule has 0 radical (unpaired) electrons. The number of halogens is 9. The molecule has 1 N–H and O–H groups in total. The van der Waals surface area contributed by atoms with Crippen molar-refractivity contribution in [2.45, 2.75) is 35.7 Å². The van der Waals surface area contributed by atoms with Gasteiger partial charge in [-0.2, -0.15) is 44.2 Å². The molecule has 20 heteroatoms. The maximum absolute atomic E-state index is 13.2. The molecule has 0 aliphatic heterocycles. The summed E-state index contributed by atoms with van der Waals surface area (Å²) >= 11 is 0. The SMILES string of the molecule is CC(NC(=O)c1cc(C(F)(F)F)cc(S(=O)(=O)C(F)(F)F)c1)c1ncn(-c2ncc(OCC(F)(F)F)cn2)n1. The Kier molecular flexibility index (Phi) is 7.82. The lowest BCUT2D eigenvalue weighted by molar-refractivity contribution is -0.153. The molecule has 1 atom stereocenters. The third kappa shape index (κ3) is 7.12. The van der Waals surface area contributed by atoms with Crippen LogP contribution < -0.4 is 10.1 Å². The maximum atomic E-state index is 13.2. The first-order chi connectivity index (χ1) is 17.8. The van der Waals surface area contributed by atoms with Gasteiger partial charge >= 0.3 is 17.9 Å². The first kappa shape index (κ1) is 29.6. The van der Waals surface area contributed by atoms with Crippen molar-refractivity contribution < 1.29 is 57.5 Å². The number of benzene rings is 1. The van der Waals surface area contributed by atoms with E-state index in [1.165, 1.54) is 6.92 Å². The number of carbonyl (C=O) groups is 1. The molecule has 10 nitrogen and oxygen atoms in total. The highest BCUT2D eigenvalue weighted by Gasteiger charge is 2.48. The van der Waals surface area contributed by atoms with Gasteiger partial charge in [0, 0.05) is 5.56 Å². The average molecular weight is 592 g/mol. The predicted octanol–water partition coefficient (Wildman–Crippen LogP) is 3.80. The number of aromatic nitrogens is 5. The number of alkyl halides is 9. The number of nitrogens with zero attached hydrogens (tertiary/aromatic N) is 5. The second-order valence-electron chi connectivity index (χ2n) is 7.56. The summed E-state index contributed by atoms with van der Waals surface area (Å²) in [6.45, 7) is -0.344. The van der Waals surface area contributed by atoms with Gasteiger partial charge in [-0.15, -0.1) is 5.10 Å². The predicted molar refractivity (Wildman–Crippen MR) is 109 cm³/mol. The van der Waals surface area contributed by atoms with Crippen molar-refractivity contribution in [3.8, 4) is 11.7 Å². The lowest BCUT2D eigenvalue weighted by Crippen LogP contribution is -2.29. The van der Waals surface area contributed by atoms with E-state index in [1.807, 2.05) is 0 Å². The Balaban J connectivity index is 1.81. The highest BCUT2D eigenvalue weighted by molar-refractivity contribution is 7.92. The molecular formula is C19H13F9N6O4S. The topological polar surface area (TPSA) is 129 Å². The van der Waals surface area contributed by atoms with Crippen LogP contribution in [0.3, 0.4) is 0 Å². The van der Waals surface area contributed by atoms with Gasteiger partial charge in [0.05, 0.1) is 28.9 Å². The third-order valence-electron chi connectivity index (χ3n) is 4.58. The van der Waals surface area contributed by atoms with E-state index in [0.717, 1.165) is 23.4 Å². The average Bonchev–Trinajstić information content (AvgIpc) is 3.31. The van der Waals surface area contributed by atoms with Gasteiger partial charge < -0.3 is 10.1 Å². The third-order valence-corrected chi connectivity index (χ3v) is 6.04. The monoisotopic (exact) mass is 592 g/mol. The van der Waals surface area contributed by atoms with Gasteiger partial charge in [-0.3, -0.25) is 4.79 Å². The Bertz CT molecular complexity index is 1450. The lowest BCUT2D eigenvalue weighted by atomic mass is 10.1. The number of carbonyl (C=O) groups excluding carboxylic acids is 1. The van der Waals surface area contributed by atoms with Crippen LogP contribution in [0.5, 0.6) is 5.75 Å². The molecule has 0 bridgehead atoms. The van der Waals surface area contributed by atoms with Gasteiger partial charge in [0.25, 0.3) is 21.7 Å². The molecule has 3 rings (SSSR count). The Hall–Kier alpha value is -3.97. The fourth-order valence-corrected chi connectivity index (χ4v) is 3.60. The molecule has 1 amide bonds. The number of amides is 1. The van der Waals surface area contributed by atoms with E-state index in [1.54, 1.807) is 0 Å². The molecule has 2 heterocycles. The van der Waals surface area contributed by atoms with Crippen LogP contribution in [0.15, 0.2) is 41.8 Å². The van der Waals surface area contributed by atoms with E-state index in [4.69, 9.17) is 0 Å². The standard InChI is InChI=1S/C19H13F9N6O4S/c1-9(14-31-8-34(33-14)16-29-5-12(6-30-16)38-7-17(20,21)22)32-15(35)10-2-11(18(23,24)25)4-13(3-10)39(36,37)19(26,27)28/h2-6,8-9H,7H2,1H3,(H,32,35). The van der Waals surface area contributed by atoms with Crippen LogP contribution in [-0.4, -0.2) is 57.3 Å². The molecule has 1 unspecified atom stereocenters. The molecule has 0 aliphatic carbocycles. The number of hydrogen-bond donors (Lipinski definition) is 1. The van der Waals surface area contributed by atoms with Gasteiger partial charge in [0.1, 0.15) is 6.33 Å². The normalized spacial score (nSPS) is 13.7. The fourth-order valence-electron chi connectivity index (χ4n) is 2.77. The van der Waals surface area contributed by atoms with Gasteiger partial charge in [-0.25, -0.2) is 23.4 Å². The summed E-state index contributed by atoms with van der Waals surface area (Å²) in [6, 6.07) is -1.13. The molecule has 2 aromatic heterocycles. The van der Waals surface area contributed by atoms with E-state index in [-0.39, 0.29) is 35.7 Å². The van der Waals surface area contributed by atoms with Crippen LogP contribution in [0.1, 0.15) is 34.7 Å². The minimum absolute atomic E-state index is 0.141. The van der Waals surface area contributed by atoms with Crippen molar-refractivity contribution in [3.05, 3.63) is 53.9 Å². The van der Waals surface area contributed by atoms with Crippen LogP contribution in [0.4, 0.5) is 39.5 Å². The van der Waals surface area contributed by atoms with Crippen molar-refractivity contribution in [1.29, 1.82) is 0 Å². The van der Waals surface area contributed by atoms with E-state index in [2.05, 4.69) is 30.1 Å². The second kappa shape index (κ2) is 10.3. The minimum atomic E-state index is -6.22. The van der Waals surface area contributed by atoms with Crippen molar-refractivity contribution in [1.82, 2.24) is 30.0 Å². The molecule has 0 saturated carbocycles. The highest BCUT2D eigenvalue weighted by Crippen LogP contribution is 2.36. The Morgan fingerprint density at radius 3 is 2.15 bits per heavy atom. The number of sulfone groups is 1. The maximum Gasteiger partial charge on any atom is 0.501 e. The molecule has 212 valence electrons. The van der Waals surface area contributed by atoms with Crippen molar-refractivity contribution >= 4 is 15.7 Å². The molecule has 3 aromatic rings. The summed E-state index contributed by atoms with van der Waals surface area (Å²) in [4.78, 5) is 22.0. The summed E-state index contributed by atoms with van der Waals surface area (Å²) in [5.41, 5.74) is -8.79. The van der Waals surface area contributed by atoms with Crippen molar-refractivity contribution in [2.24, 2.45) is 0 Å². The highest BCUT2D eigenvalue weighted by atomic mass is 32.2. The Morgan fingerprint density at radius 2 is 1.62 bits per heavy atom. The summed E-state index contributed by atoms with van der Waals surface area (Å²) in [7, 11) is -6.22. The zero-order valence-electron chi connectivity index (χ0n) is 18.9. The molecular weight excluding hydrogens is 579 g/mol. The fraction of sp³-hybridized carbons (Fsp3) is 0.316. The smallest absolute Gasteiger partial charge is 0.481 e. The summed E-state index contributed by atoms with van der Waals surface area (Å²) in [5.74, 6) is -2.10. The molecule has 39 heavy (non-hydrogen) atoms. The quantitative estimate of drug-likeness (QED) is 0.411. The van der Waals surface area contributed by atoms with Crippen LogP contribution in [-0.2, 0) is 16.0 Å². The van der Waals surface area contributed by atoms with Crippen molar-refractivity contribution in [2.75, 3.05) is 6.61 Å². The number of ether oxygens (including phenoxy) is 1. The molecule has 0 fully saturated rings. The molecule has 0 aliphatic rings. The van der Waals surface area contributed by atoms with Gasteiger partial charge in [-0.1, -0.05) is 0 Å². The number of hydrogen-bond acceptors (Lipinski definition) is 8. The van der Waals surface area contributed by atoms with Crippen LogP contribution >= 0.6 is 0 Å². The Labute approximate surface area is 211 Å². The molecule has 0 spiro atoms. The zero-order valence-corrected chi connectivity index (χ0v) is 19.7. The largest absolute Gasteiger partial charge is 0.501 e. The summed E-state index contributed by atoms with van der Waals surface area (Å²) < 4.78 is 144. The lowest BCUT2D eigenvalue weighted by Gasteiger charge is -2.15. The van der Waals surface area contributed by atoms with Crippen molar-refractivity contribution in [3.63, 3.8) is 0 Å². The van der Waals surface area contributed by atoms with Gasteiger partial charge in [0.2, 0.25) is 0 Å². The summed E-state index contributed by atoms with van der Waals surface area (Å²) in [6.07, 6.45) is -7.06. The first-order valence-corrected chi connectivity index (χ1v) is 11.5. The van der Waals surface area contributed by atoms with E-state index >= 15 is 0 Å². The molecule has 1 aromatic carbocycles. The van der Waals surface area contributed by atoms with Gasteiger partial charge in [0.15, 0.2) is 18.2 Å². The Morgan fingerprint density at radius 1 is 1.00 bits per heavy atom. The molecule has 0 saturated heterocycles. The summed E-state index contributed by atoms with van der Waals surface area (Å²) in [5, 5.41) is 6.03. The van der Waals surface area contributed by atoms with E-state index < -0.39 is 62.3 Å². The van der Waals surface area contributed by atoms with Gasteiger partial charge in [-0.05, 0) is 25.1 Å². The first-order valence-electron chi connectivity index (χ1n) is 10.1. The van der Waals surface area contributed by atoms with Crippen LogP contribution in [0.2, 0.25) is 0 Å². The minimum Gasteiger partial charge on any atom is -0.481 e. The van der Waals surface area contributed by atoms with E-state index in [9.17, 15) is 52.7 Å². The second-order valence-corrected chi connectivity index (χ2v) is 9.50. The van der Waals surface area contributed by atoms with Crippen LogP contribution in [0, 0.1) is 0 Å².